The lowest BCUT2D eigenvalue weighted by atomic mass is 10.0. The van der Waals surface area contributed by atoms with Crippen molar-refractivity contribution < 1.29 is 8.78 Å². The minimum atomic E-state index is -0.556. The van der Waals surface area contributed by atoms with Crippen LogP contribution in [0.25, 0.3) is 10.2 Å². The van der Waals surface area contributed by atoms with Crippen LogP contribution in [0.15, 0.2) is 42.5 Å². The maximum atomic E-state index is 14.5. The number of para-hydroxylation sites is 1. The highest BCUT2D eigenvalue weighted by Crippen LogP contribution is 2.35. The molecule has 1 aliphatic rings. The van der Waals surface area contributed by atoms with Gasteiger partial charge in [0.2, 0.25) is 0 Å². The van der Waals surface area contributed by atoms with Crippen LogP contribution >= 0.6 is 11.3 Å². The van der Waals surface area contributed by atoms with Crippen LogP contribution in [-0.4, -0.2) is 36.1 Å². The second-order valence-electron chi connectivity index (χ2n) is 5.87. The molecule has 0 bridgehead atoms. The number of rotatable bonds is 3. The summed E-state index contributed by atoms with van der Waals surface area (Å²) in [4.78, 5) is 6.94. The number of hydrogen-bond donors (Lipinski definition) is 1. The maximum absolute atomic E-state index is 14.5. The normalized spacial score (nSPS) is 17.2. The number of hydrogen-bond acceptors (Lipinski definition) is 4. The minimum absolute atomic E-state index is 0.287. The second-order valence-corrected chi connectivity index (χ2v) is 6.94. The van der Waals surface area contributed by atoms with E-state index >= 15 is 0 Å². The van der Waals surface area contributed by atoms with Crippen LogP contribution in [-0.2, 0) is 0 Å². The summed E-state index contributed by atoms with van der Waals surface area (Å²) in [5, 5.41) is 4.16. The zero-order valence-electron chi connectivity index (χ0n) is 13.0. The molecule has 2 aromatic carbocycles. The summed E-state index contributed by atoms with van der Waals surface area (Å²) in [6, 6.07) is 11.4. The Morgan fingerprint density at radius 3 is 2.62 bits per heavy atom. The van der Waals surface area contributed by atoms with Gasteiger partial charge in [-0.2, -0.15) is 0 Å². The molecule has 1 aliphatic heterocycles. The fraction of sp³-hybridized carbons (Fsp3) is 0.278. The number of halogens is 2. The highest BCUT2D eigenvalue weighted by Gasteiger charge is 2.29. The molecule has 6 heteroatoms. The molecule has 3 aromatic rings. The number of benzene rings is 2. The number of fused-ring (bicyclic) bond motifs is 1. The summed E-state index contributed by atoms with van der Waals surface area (Å²) in [6.45, 7) is 3.31. The van der Waals surface area contributed by atoms with Crippen LogP contribution in [0.5, 0.6) is 0 Å². The van der Waals surface area contributed by atoms with Gasteiger partial charge in [0.15, 0.2) is 0 Å². The lowest BCUT2D eigenvalue weighted by Gasteiger charge is -2.34. The first kappa shape index (κ1) is 15.6. The maximum Gasteiger partial charge on any atom is 0.131 e. The third kappa shape index (κ3) is 2.92. The van der Waals surface area contributed by atoms with Gasteiger partial charge in [-0.1, -0.05) is 18.2 Å². The zero-order chi connectivity index (χ0) is 16.5. The van der Waals surface area contributed by atoms with E-state index in [-0.39, 0.29) is 6.04 Å². The molecule has 1 aromatic heterocycles. The van der Waals surface area contributed by atoms with Gasteiger partial charge >= 0.3 is 0 Å². The number of piperazine rings is 1. The Kier molecular flexibility index (Phi) is 4.26. The Morgan fingerprint density at radius 2 is 1.88 bits per heavy atom. The summed E-state index contributed by atoms with van der Waals surface area (Å²) < 4.78 is 28.9. The average molecular weight is 345 g/mol. The van der Waals surface area contributed by atoms with E-state index in [1.165, 1.54) is 6.07 Å². The van der Waals surface area contributed by atoms with Crippen molar-refractivity contribution in [1.29, 1.82) is 0 Å². The molecular weight excluding hydrogens is 328 g/mol. The third-order valence-electron chi connectivity index (χ3n) is 4.32. The quantitative estimate of drug-likeness (QED) is 0.787. The molecule has 4 rings (SSSR count). The van der Waals surface area contributed by atoms with E-state index in [9.17, 15) is 8.78 Å². The summed E-state index contributed by atoms with van der Waals surface area (Å²) in [7, 11) is 0. The van der Waals surface area contributed by atoms with Crippen LogP contribution in [0.1, 0.15) is 16.6 Å². The Morgan fingerprint density at radius 1 is 1.08 bits per heavy atom. The molecule has 1 N–H and O–H groups in total. The molecule has 24 heavy (non-hydrogen) atoms. The van der Waals surface area contributed by atoms with Crippen molar-refractivity contribution in [2.75, 3.05) is 26.2 Å². The van der Waals surface area contributed by atoms with Gasteiger partial charge in [-0.15, -0.1) is 11.3 Å². The van der Waals surface area contributed by atoms with Gasteiger partial charge in [0.05, 0.1) is 16.3 Å². The van der Waals surface area contributed by atoms with Gasteiger partial charge < -0.3 is 5.32 Å². The molecule has 0 amide bonds. The van der Waals surface area contributed by atoms with Gasteiger partial charge in [0.25, 0.3) is 0 Å². The number of nitrogens with zero attached hydrogens (tertiary/aromatic N) is 2. The van der Waals surface area contributed by atoms with Crippen LogP contribution in [0.3, 0.4) is 0 Å². The van der Waals surface area contributed by atoms with Crippen LogP contribution in [0.4, 0.5) is 8.78 Å². The minimum Gasteiger partial charge on any atom is -0.314 e. The molecule has 2 heterocycles. The highest BCUT2D eigenvalue weighted by molar-refractivity contribution is 7.18. The lowest BCUT2D eigenvalue weighted by Crippen LogP contribution is -2.45. The molecule has 0 radical (unpaired) electrons. The fourth-order valence-electron chi connectivity index (χ4n) is 3.16. The van der Waals surface area contributed by atoms with Gasteiger partial charge in [0.1, 0.15) is 16.6 Å². The molecule has 1 atom stereocenters. The fourth-order valence-corrected chi connectivity index (χ4v) is 4.28. The molecule has 3 nitrogen and oxygen atoms in total. The average Bonchev–Trinajstić information content (AvgIpc) is 3.01. The molecule has 1 fully saturated rings. The Bertz CT molecular complexity index is 825. The number of aromatic nitrogens is 1. The molecular formula is C18H17F2N3S. The Labute approximate surface area is 142 Å². The van der Waals surface area contributed by atoms with E-state index in [2.05, 4.69) is 10.2 Å². The first-order chi connectivity index (χ1) is 11.7. The van der Waals surface area contributed by atoms with Gasteiger partial charge in [0, 0.05) is 37.8 Å². The van der Waals surface area contributed by atoms with Gasteiger partial charge in [-0.3, -0.25) is 4.90 Å². The molecule has 1 unspecified atom stereocenters. The van der Waals surface area contributed by atoms with Crippen LogP contribution in [0.2, 0.25) is 0 Å². The van der Waals surface area contributed by atoms with Crippen molar-refractivity contribution in [1.82, 2.24) is 15.2 Å². The van der Waals surface area contributed by atoms with Crippen LogP contribution < -0.4 is 5.32 Å². The van der Waals surface area contributed by atoms with Crippen molar-refractivity contribution >= 4 is 21.6 Å². The van der Waals surface area contributed by atoms with E-state index in [1.54, 1.807) is 17.4 Å². The first-order valence-corrected chi connectivity index (χ1v) is 8.79. The predicted molar refractivity (Wildman–Crippen MR) is 92.3 cm³/mol. The predicted octanol–water partition coefficient (Wildman–Crippen LogP) is 3.57. The zero-order valence-corrected chi connectivity index (χ0v) is 13.8. The smallest absolute Gasteiger partial charge is 0.131 e. The van der Waals surface area contributed by atoms with Crippen molar-refractivity contribution in [3.8, 4) is 0 Å². The van der Waals surface area contributed by atoms with Gasteiger partial charge in [-0.25, -0.2) is 13.8 Å². The second kappa shape index (κ2) is 6.55. The summed E-state index contributed by atoms with van der Waals surface area (Å²) in [5.41, 5.74) is 1.40. The molecule has 0 saturated carbocycles. The Balaban J connectivity index is 1.82. The number of nitrogens with one attached hydrogen (secondary N) is 1. The van der Waals surface area contributed by atoms with E-state index in [0.29, 0.717) is 5.56 Å². The van der Waals surface area contributed by atoms with Gasteiger partial charge in [-0.05, 0) is 18.2 Å². The van der Waals surface area contributed by atoms with Crippen molar-refractivity contribution in [2.45, 2.75) is 6.04 Å². The molecule has 1 saturated heterocycles. The lowest BCUT2D eigenvalue weighted by molar-refractivity contribution is 0.195. The molecule has 0 spiro atoms. The SMILES string of the molecule is Fc1ccc(C(c2nc3ccccc3s2)N2CCNCC2)c(F)c1. The van der Waals surface area contributed by atoms with Crippen molar-refractivity contribution in [3.63, 3.8) is 0 Å². The largest absolute Gasteiger partial charge is 0.314 e. The van der Waals surface area contributed by atoms with Crippen molar-refractivity contribution in [2.24, 2.45) is 0 Å². The van der Waals surface area contributed by atoms with Crippen molar-refractivity contribution in [3.05, 3.63) is 64.7 Å². The van der Waals surface area contributed by atoms with E-state index in [1.807, 2.05) is 24.3 Å². The molecule has 0 aliphatic carbocycles. The van der Waals surface area contributed by atoms with Crippen LogP contribution in [0, 0.1) is 11.6 Å². The first-order valence-electron chi connectivity index (χ1n) is 7.97. The monoisotopic (exact) mass is 345 g/mol. The third-order valence-corrected chi connectivity index (χ3v) is 5.41. The topological polar surface area (TPSA) is 28.2 Å². The van der Waals surface area contributed by atoms with E-state index in [4.69, 9.17) is 4.98 Å². The standard InChI is InChI=1S/C18H17F2N3S/c19-12-5-6-13(14(20)11-12)17(23-9-7-21-8-10-23)18-22-15-3-1-2-4-16(15)24-18/h1-6,11,17,21H,7-10H2. The van der Waals surface area contributed by atoms with E-state index in [0.717, 1.165) is 47.5 Å². The summed E-state index contributed by atoms with van der Waals surface area (Å²) >= 11 is 1.57. The highest BCUT2D eigenvalue weighted by atomic mass is 32.1. The van der Waals surface area contributed by atoms with E-state index < -0.39 is 11.6 Å². The Hall–Kier alpha value is -1.89. The number of thiazole rings is 1. The summed E-state index contributed by atoms with van der Waals surface area (Å²) in [5.74, 6) is -1.07. The molecule has 124 valence electrons. The summed E-state index contributed by atoms with van der Waals surface area (Å²) in [6.07, 6.45) is 0.